The van der Waals surface area contributed by atoms with Gasteiger partial charge in [0.05, 0.1) is 24.2 Å². The molecular weight excluding hydrogens is 502 g/mol. The number of rotatable bonds is 7. The van der Waals surface area contributed by atoms with Crippen molar-refractivity contribution in [1.82, 2.24) is 19.8 Å². The minimum absolute atomic E-state index is 0.122. The van der Waals surface area contributed by atoms with Crippen molar-refractivity contribution in [3.8, 4) is 12.1 Å². The Hall–Kier alpha value is -3.64. The average molecular weight is 542 g/mol. The molecule has 2 fully saturated rings. The predicted octanol–water partition coefficient (Wildman–Crippen LogP) is 2.99. The molecule has 2 aromatic rings. The second-order valence-corrected chi connectivity index (χ2v) is 11.5. The summed E-state index contributed by atoms with van der Waals surface area (Å²) >= 11 is 0. The summed E-state index contributed by atoms with van der Waals surface area (Å²) in [7, 11) is 2.15. The number of likely N-dealkylation sites (tertiary alicyclic amines) is 1. The van der Waals surface area contributed by atoms with Gasteiger partial charge in [0.1, 0.15) is 12.4 Å². The quantitative estimate of drug-likeness (QED) is 0.495. The lowest BCUT2D eigenvalue weighted by Crippen LogP contribution is -2.55. The van der Waals surface area contributed by atoms with Gasteiger partial charge in [0, 0.05) is 55.9 Å². The number of fused-ring (bicyclic) bond motifs is 2. The number of amides is 1. The molecule has 9 nitrogen and oxygen atoms in total. The van der Waals surface area contributed by atoms with Gasteiger partial charge >= 0.3 is 6.01 Å². The Morgan fingerprint density at radius 2 is 2.02 bits per heavy atom. The Morgan fingerprint density at radius 3 is 2.83 bits per heavy atom. The van der Waals surface area contributed by atoms with E-state index in [2.05, 4.69) is 58.7 Å². The Kier molecular flexibility index (Phi) is 7.61. The summed E-state index contributed by atoms with van der Waals surface area (Å²) in [6, 6.07) is 12.0. The molecule has 0 spiro atoms. The summed E-state index contributed by atoms with van der Waals surface area (Å²) in [6.07, 6.45) is 7.82. The number of benzene rings is 1. The third-order valence-corrected chi connectivity index (χ3v) is 9.21. The Bertz CT molecular complexity index is 1310. The number of likely N-dealkylation sites (N-methyl/N-ethyl adjacent to an activating group) is 1. The van der Waals surface area contributed by atoms with Crippen molar-refractivity contribution in [2.45, 2.75) is 63.1 Å². The first-order valence-corrected chi connectivity index (χ1v) is 14.7. The van der Waals surface area contributed by atoms with E-state index in [0.717, 1.165) is 56.7 Å². The zero-order chi connectivity index (χ0) is 27.6. The molecule has 4 aliphatic rings. The molecule has 4 heterocycles. The molecule has 0 saturated carbocycles. The average Bonchev–Trinajstić information content (AvgIpc) is 3.61. The minimum atomic E-state index is -0.205. The van der Waals surface area contributed by atoms with Crippen LogP contribution in [0.4, 0.5) is 11.5 Å². The molecule has 9 heteroatoms. The number of hydrogen-bond donors (Lipinski definition) is 0. The van der Waals surface area contributed by atoms with Crippen LogP contribution in [0.5, 0.6) is 6.01 Å². The topological polar surface area (TPSA) is 88.8 Å². The summed E-state index contributed by atoms with van der Waals surface area (Å²) in [4.78, 5) is 31.4. The minimum Gasteiger partial charge on any atom is -0.462 e. The number of carbonyl (C=O) groups excluding carboxylic acids is 1. The molecule has 1 aliphatic carbocycles. The van der Waals surface area contributed by atoms with Crippen molar-refractivity contribution in [1.29, 1.82) is 5.26 Å². The molecule has 3 atom stereocenters. The molecule has 210 valence electrons. The van der Waals surface area contributed by atoms with Crippen molar-refractivity contribution in [2.24, 2.45) is 0 Å². The molecule has 40 heavy (non-hydrogen) atoms. The van der Waals surface area contributed by atoms with Gasteiger partial charge < -0.3 is 24.3 Å². The summed E-state index contributed by atoms with van der Waals surface area (Å²) in [5.41, 5.74) is 5.04. The van der Waals surface area contributed by atoms with Crippen LogP contribution in [0.25, 0.3) is 0 Å². The first-order chi connectivity index (χ1) is 19.6. The van der Waals surface area contributed by atoms with Crippen molar-refractivity contribution in [2.75, 3.05) is 56.2 Å². The van der Waals surface area contributed by atoms with Crippen LogP contribution in [0.1, 0.15) is 42.5 Å². The standard InChI is InChI=1S/C31H39N7O2/c1-3-29(39)38-18-17-36(20-24(38)12-14-32)30-26-11-10-23(37-16-13-22-7-4-5-9-28(22)37)19-27(26)33-31(34-30)40-21-25-8-6-15-35(25)2/h3-5,7,9,23-25H,1,6,8,10-13,15-21H2,2H3/t23-,24-,25-/m0/s1. The highest BCUT2D eigenvalue weighted by molar-refractivity contribution is 5.87. The monoisotopic (exact) mass is 541 g/mol. The Balaban J connectivity index is 1.29. The van der Waals surface area contributed by atoms with Gasteiger partial charge in [-0.05, 0) is 63.4 Å². The number of anilines is 2. The van der Waals surface area contributed by atoms with Crippen LogP contribution in [-0.4, -0.2) is 90.2 Å². The number of carbonyl (C=O) groups is 1. The number of nitrogens with zero attached hydrogens (tertiary/aromatic N) is 7. The number of piperazine rings is 1. The molecule has 0 N–H and O–H groups in total. The highest BCUT2D eigenvalue weighted by atomic mass is 16.5. The van der Waals surface area contributed by atoms with E-state index >= 15 is 0 Å². The van der Waals surface area contributed by atoms with Crippen LogP contribution >= 0.6 is 0 Å². The normalized spacial score (nSPS) is 24.4. The summed E-state index contributed by atoms with van der Waals surface area (Å²) in [5, 5.41) is 9.50. The molecular formula is C31H39N7O2. The third-order valence-electron chi connectivity index (χ3n) is 9.21. The van der Waals surface area contributed by atoms with Crippen molar-refractivity contribution in [3.05, 3.63) is 53.7 Å². The highest BCUT2D eigenvalue weighted by Gasteiger charge is 2.35. The maximum atomic E-state index is 12.5. The lowest BCUT2D eigenvalue weighted by atomic mass is 9.90. The molecule has 1 aromatic heterocycles. The number of para-hydroxylation sites is 1. The zero-order valence-corrected chi connectivity index (χ0v) is 23.5. The second kappa shape index (κ2) is 11.5. The second-order valence-electron chi connectivity index (χ2n) is 11.5. The van der Waals surface area contributed by atoms with Crippen LogP contribution < -0.4 is 14.5 Å². The largest absolute Gasteiger partial charge is 0.462 e. The van der Waals surface area contributed by atoms with Gasteiger partial charge in [0.15, 0.2) is 0 Å². The van der Waals surface area contributed by atoms with E-state index in [1.807, 2.05) is 0 Å². The van der Waals surface area contributed by atoms with Crippen LogP contribution in [-0.2, 0) is 24.1 Å². The molecule has 1 amide bonds. The fourth-order valence-electron chi connectivity index (χ4n) is 6.99. The maximum Gasteiger partial charge on any atom is 0.318 e. The van der Waals surface area contributed by atoms with E-state index in [9.17, 15) is 10.1 Å². The number of ether oxygens (including phenoxy) is 1. The SMILES string of the molecule is C=CC(=O)N1CCN(c2nc(OC[C@@H]3CCCN3C)nc3c2CC[C@H](N2CCc4ccccc42)C3)C[C@@H]1CC#N. The van der Waals surface area contributed by atoms with Gasteiger partial charge in [-0.25, -0.2) is 0 Å². The molecule has 3 aliphatic heterocycles. The van der Waals surface area contributed by atoms with Gasteiger partial charge in [-0.1, -0.05) is 24.8 Å². The maximum absolute atomic E-state index is 12.5. The molecule has 2 saturated heterocycles. The van der Waals surface area contributed by atoms with Crippen LogP contribution in [0, 0.1) is 11.3 Å². The van der Waals surface area contributed by atoms with Gasteiger partial charge in [-0.15, -0.1) is 0 Å². The highest BCUT2D eigenvalue weighted by Crippen LogP contribution is 2.37. The van der Waals surface area contributed by atoms with E-state index in [0.29, 0.717) is 44.3 Å². The molecule has 1 aromatic carbocycles. The molecule has 0 bridgehead atoms. The molecule has 6 rings (SSSR count). The zero-order valence-electron chi connectivity index (χ0n) is 23.5. The van der Waals surface area contributed by atoms with E-state index < -0.39 is 0 Å². The van der Waals surface area contributed by atoms with Gasteiger partial charge in [-0.3, -0.25) is 4.79 Å². The van der Waals surface area contributed by atoms with Gasteiger partial charge in [0.25, 0.3) is 0 Å². The van der Waals surface area contributed by atoms with Crippen LogP contribution in [0.15, 0.2) is 36.9 Å². The predicted molar refractivity (Wildman–Crippen MR) is 155 cm³/mol. The van der Waals surface area contributed by atoms with E-state index in [-0.39, 0.29) is 18.4 Å². The summed E-state index contributed by atoms with van der Waals surface area (Å²) in [5.74, 6) is 0.789. The number of aromatic nitrogens is 2. The summed E-state index contributed by atoms with van der Waals surface area (Å²) < 4.78 is 6.29. The smallest absolute Gasteiger partial charge is 0.318 e. The first kappa shape index (κ1) is 26.6. The van der Waals surface area contributed by atoms with Gasteiger partial charge in [-0.2, -0.15) is 15.2 Å². The van der Waals surface area contributed by atoms with Crippen molar-refractivity contribution < 1.29 is 9.53 Å². The van der Waals surface area contributed by atoms with E-state index in [1.54, 1.807) is 4.90 Å². The first-order valence-electron chi connectivity index (χ1n) is 14.7. The Labute approximate surface area is 237 Å². The molecule has 0 radical (unpaired) electrons. The lowest BCUT2D eigenvalue weighted by molar-refractivity contribution is -0.128. The molecule has 0 unspecified atom stereocenters. The fraction of sp³-hybridized carbons (Fsp3) is 0.548. The Morgan fingerprint density at radius 1 is 1.15 bits per heavy atom. The van der Waals surface area contributed by atoms with Crippen LogP contribution in [0.2, 0.25) is 0 Å². The summed E-state index contributed by atoms with van der Waals surface area (Å²) in [6.45, 7) is 8.12. The van der Waals surface area contributed by atoms with Crippen LogP contribution in [0.3, 0.4) is 0 Å². The number of hydrogen-bond acceptors (Lipinski definition) is 8. The van der Waals surface area contributed by atoms with E-state index in [4.69, 9.17) is 14.7 Å². The third kappa shape index (κ3) is 5.13. The number of nitriles is 1. The lowest BCUT2D eigenvalue weighted by Gasteiger charge is -2.42. The van der Waals surface area contributed by atoms with Gasteiger partial charge in [0.2, 0.25) is 5.91 Å². The van der Waals surface area contributed by atoms with Crippen molar-refractivity contribution >= 4 is 17.4 Å². The fourth-order valence-corrected chi connectivity index (χ4v) is 6.99. The van der Waals surface area contributed by atoms with E-state index in [1.165, 1.54) is 29.3 Å². The van der Waals surface area contributed by atoms with Crippen molar-refractivity contribution in [3.63, 3.8) is 0 Å².